The minimum Gasteiger partial charge on any atom is -0.355 e. The first kappa shape index (κ1) is 18.0. The molecule has 1 N–H and O–H groups in total. The Morgan fingerprint density at radius 1 is 1.26 bits per heavy atom. The van der Waals surface area contributed by atoms with Crippen molar-refractivity contribution in [3.05, 3.63) is 12.1 Å². The first-order chi connectivity index (χ1) is 11.1. The summed E-state index contributed by atoms with van der Waals surface area (Å²) in [5.74, 6) is 1.04. The molecule has 1 saturated heterocycles. The second kappa shape index (κ2) is 9.08. The van der Waals surface area contributed by atoms with Crippen LogP contribution in [0.5, 0.6) is 0 Å². The minimum atomic E-state index is 0.121. The molecule has 0 bridgehead atoms. The molecule has 0 saturated carbocycles. The minimum absolute atomic E-state index is 0.121. The van der Waals surface area contributed by atoms with Crippen molar-refractivity contribution in [2.75, 3.05) is 44.2 Å². The molecule has 0 aliphatic carbocycles. The van der Waals surface area contributed by atoms with Crippen LogP contribution in [0.2, 0.25) is 0 Å². The van der Waals surface area contributed by atoms with Crippen LogP contribution in [0.25, 0.3) is 0 Å². The second-order valence-electron chi connectivity index (χ2n) is 6.01. The van der Waals surface area contributed by atoms with E-state index in [2.05, 4.69) is 46.1 Å². The van der Waals surface area contributed by atoms with E-state index in [1.54, 1.807) is 11.8 Å². The molecule has 0 atom stereocenters. The standard InChI is InChI=1S/C16H27N5OS/c1-4-7-17-15(22)12-20-8-10-21(11-9-20)14-5-6-16(19-18-14)23-13(2)3/h5-6,13H,4,7-12H2,1-3H3,(H,17,22). The highest BCUT2D eigenvalue weighted by Gasteiger charge is 2.20. The molecule has 1 aromatic rings. The average Bonchev–Trinajstić information content (AvgIpc) is 2.54. The molecule has 1 amide bonds. The molecule has 1 fully saturated rings. The lowest BCUT2D eigenvalue weighted by atomic mass is 10.3. The van der Waals surface area contributed by atoms with Crippen LogP contribution in [0.4, 0.5) is 5.82 Å². The summed E-state index contributed by atoms with van der Waals surface area (Å²) in [4.78, 5) is 16.2. The van der Waals surface area contributed by atoms with E-state index in [9.17, 15) is 4.79 Å². The van der Waals surface area contributed by atoms with Gasteiger partial charge in [0.1, 0.15) is 5.03 Å². The van der Waals surface area contributed by atoms with Crippen molar-refractivity contribution in [2.45, 2.75) is 37.5 Å². The van der Waals surface area contributed by atoms with Gasteiger partial charge in [-0.1, -0.05) is 20.8 Å². The Hall–Kier alpha value is -1.34. The summed E-state index contributed by atoms with van der Waals surface area (Å²) >= 11 is 1.72. The molecule has 0 aromatic carbocycles. The number of nitrogens with one attached hydrogen (secondary N) is 1. The van der Waals surface area contributed by atoms with Gasteiger partial charge in [-0.2, -0.15) is 0 Å². The number of nitrogens with zero attached hydrogens (tertiary/aromatic N) is 4. The van der Waals surface area contributed by atoms with Crippen LogP contribution in [0, 0.1) is 0 Å². The van der Waals surface area contributed by atoms with Gasteiger partial charge in [0.2, 0.25) is 5.91 Å². The molecule has 6 nitrogen and oxygen atoms in total. The summed E-state index contributed by atoms with van der Waals surface area (Å²) in [6.45, 7) is 11.1. The maximum atomic E-state index is 11.8. The van der Waals surface area contributed by atoms with E-state index in [0.29, 0.717) is 11.8 Å². The Morgan fingerprint density at radius 2 is 2.00 bits per heavy atom. The third-order valence-corrected chi connectivity index (χ3v) is 4.55. The van der Waals surface area contributed by atoms with E-state index in [1.807, 2.05) is 12.1 Å². The van der Waals surface area contributed by atoms with E-state index in [-0.39, 0.29) is 5.91 Å². The summed E-state index contributed by atoms with van der Waals surface area (Å²) in [5, 5.41) is 13.0. The molecule has 1 aliphatic rings. The number of hydrogen-bond acceptors (Lipinski definition) is 6. The number of carbonyl (C=O) groups is 1. The summed E-state index contributed by atoms with van der Waals surface area (Å²) in [7, 11) is 0. The fourth-order valence-corrected chi connectivity index (χ4v) is 3.16. The molecule has 0 unspecified atom stereocenters. The molecular weight excluding hydrogens is 310 g/mol. The molecule has 7 heteroatoms. The van der Waals surface area contributed by atoms with Crippen molar-refractivity contribution in [2.24, 2.45) is 0 Å². The zero-order valence-electron chi connectivity index (χ0n) is 14.3. The highest BCUT2D eigenvalue weighted by atomic mass is 32.2. The van der Waals surface area contributed by atoms with Crippen LogP contribution >= 0.6 is 11.8 Å². The van der Waals surface area contributed by atoms with Crippen LogP contribution in [-0.2, 0) is 4.79 Å². The quantitative estimate of drug-likeness (QED) is 0.763. The first-order valence-corrected chi connectivity index (χ1v) is 9.21. The van der Waals surface area contributed by atoms with Gasteiger partial charge in [-0.25, -0.2) is 0 Å². The summed E-state index contributed by atoms with van der Waals surface area (Å²) in [6.07, 6.45) is 0.975. The third-order valence-electron chi connectivity index (χ3n) is 3.62. The number of aromatic nitrogens is 2. The zero-order valence-corrected chi connectivity index (χ0v) is 15.1. The van der Waals surface area contributed by atoms with Gasteiger partial charge in [-0.3, -0.25) is 9.69 Å². The number of anilines is 1. The number of hydrogen-bond donors (Lipinski definition) is 1. The monoisotopic (exact) mass is 337 g/mol. The summed E-state index contributed by atoms with van der Waals surface area (Å²) < 4.78 is 0. The fourth-order valence-electron chi connectivity index (χ4n) is 2.44. The number of piperazine rings is 1. The molecular formula is C16H27N5OS. The molecule has 1 aliphatic heterocycles. The van der Waals surface area contributed by atoms with Crippen molar-refractivity contribution in [3.63, 3.8) is 0 Å². The van der Waals surface area contributed by atoms with E-state index >= 15 is 0 Å². The van der Waals surface area contributed by atoms with E-state index in [4.69, 9.17) is 0 Å². The van der Waals surface area contributed by atoms with Crippen molar-refractivity contribution in [1.82, 2.24) is 20.4 Å². The van der Waals surface area contributed by atoms with Gasteiger partial charge >= 0.3 is 0 Å². The van der Waals surface area contributed by atoms with Crippen molar-refractivity contribution in [1.29, 1.82) is 0 Å². The van der Waals surface area contributed by atoms with Crippen LogP contribution in [0.3, 0.4) is 0 Å². The number of amides is 1. The van der Waals surface area contributed by atoms with Gasteiger partial charge in [-0.05, 0) is 18.6 Å². The first-order valence-electron chi connectivity index (χ1n) is 8.33. The van der Waals surface area contributed by atoms with E-state index in [1.165, 1.54) is 0 Å². The van der Waals surface area contributed by atoms with Gasteiger partial charge in [0.25, 0.3) is 0 Å². The maximum Gasteiger partial charge on any atom is 0.234 e. The number of rotatable bonds is 7. The molecule has 1 aromatic heterocycles. The van der Waals surface area contributed by atoms with E-state index in [0.717, 1.165) is 50.0 Å². The topological polar surface area (TPSA) is 61.4 Å². The van der Waals surface area contributed by atoms with Crippen molar-refractivity contribution in [3.8, 4) is 0 Å². The Labute approximate surface area is 143 Å². The average molecular weight is 337 g/mol. The van der Waals surface area contributed by atoms with Crippen molar-refractivity contribution < 1.29 is 4.79 Å². The van der Waals surface area contributed by atoms with Crippen LogP contribution in [0.1, 0.15) is 27.2 Å². The molecule has 0 spiro atoms. The SMILES string of the molecule is CCCNC(=O)CN1CCN(c2ccc(SC(C)C)nn2)CC1. The Bertz CT molecular complexity index is 486. The fraction of sp³-hybridized carbons (Fsp3) is 0.688. The highest BCUT2D eigenvalue weighted by Crippen LogP contribution is 2.21. The Morgan fingerprint density at radius 3 is 2.57 bits per heavy atom. The van der Waals surface area contributed by atoms with E-state index < -0.39 is 0 Å². The number of carbonyl (C=O) groups excluding carboxylic acids is 1. The zero-order chi connectivity index (χ0) is 16.7. The second-order valence-corrected chi connectivity index (χ2v) is 7.61. The predicted octanol–water partition coefficient (Wildman–Crippen LogP) is 1.63. The number of thioether (sulfide) groups is 1. The normalized spacial score (nSPS) is 15.9. The lowest BCUT2D eigenvalue weighted by Crippen LogP contribution is -2.49. The summed E-state index contributed by atoms with van der Waals surface area (Å²) in [6, 6.07) is 4.08. The Balaban J connectivity index is 1.78. The smallest absolute Gasteiger partial charge is 0.234 e. The third kappa shape index (κ3) is 5.99. The van der Waals surface area contributed by atoms with Gasteiger partial charge in [-0.15, -0.1) is 22.0 Å². The van der Waals surface area contributed by atoms with Gasteiger partial charge < -0.3 is 10.2 Å². The van der Waals surface area contributed by atoms with Gasteiger partial charge in [0, 0.05) is 38.0 Å². The Kier molecular flexibility index (Phi) is 7.11. The van der Waals surface area contributed by atoms with Crippen LogP contribution in [-0.4, -0.2) is 65.5 Å². The lowest BCUT2D eigenvalue weighted by Gasteiger charge is -2.34. The van der Waals surface area contributed by atoms with Gasteiger partial charge in [0.15, 0.2) is 5.82 Å². The molecule has 0 radical (unpaired) electrons. The summed E-state index contributed by atoms with van der Waals surface area (Å²) in [5.41, 5.74) is 0. The van der Waals surface area contributed by atoms with Crippen molar-refractivity contribution >= 4 is 23.5 Å². The van der Waals surface area contributed by atoms with Crippen LogP contribution in [0.15, 0.2) is 17.2 Å². The predicted molar refractivity (Wildman–Crippen MR) is 95.0 cm³/mol. The lowest BCUT2D eigenvalue weighted by molar-refractivity contribution is -0.122. The van der Waals surface area contributed by atoms with Gasteiger partial charge in [0.05, 0.1) is 6.54 Å². The molecule has 23 heavy (non-hydrogen) atoms. The maximum absolute atomic E-state index is 11.8. The molecule has 128 valence electrons. The highest BCUT2D eigenvalue weighted by molar-refractivity contribution is 7.99. The molecule has 2 rings (SSSR count). The molecule has 2 heterocycles. The van der Waals surface area contributed by atoms with Crippen LogP contribution < -0.4 is 10.2 Å². The largest absolute Gasteiger partial charge is 0.355 e.